The van der Waals surface area contributed by atoms with Gasteiger partial charge in [0.1, 0.15) is 0 Å². The number of methoxy groups -OCH3 is 1. The van der Waals surface area contributed by atoms with Gasteiger partial charge in [-0.2, -0.15) is 0 Å². The molecule has 0 aliphatic rings. The summed E-state index contributed by atoms with van der Waals surface area (Å²) < 4.78 is 4.98. The Morgan fingerprint density at radius 2 is 1.80 bits per heavy atom. The molecule has 0 amide bonds. The summed E-state index contributed by atoms with van der Waals surface area (Å²) >= 11 is 17.0. The third-order valence-corrected chi connectivity index (χ3v) is 3.32. The number of thiocarbonyl (C=S) groups is 1. The highest BCUT2D eigenvalue weighted by molar-refractivity contribution is 7.80. The van der Waals surface area contributed by atoms with Crippen LogP contribution in [-0.4, -0.2) is 17.2 Å². The van der Waals surface area contributed by atoms with E-state index in [0.29, 0.717) is 21.0 Å². The maximum absolute atomic E-state index is 5.93. The SMILES string of the molecule is COc1ccc(NC(=S)Nc2ccc(Cl)c(Cl)c2)cn1. The van der Waals surface area contributed by atoms with Crippen LogP contribution in [0.5, 0.6) is 5.88 Å². The number of rotatable bonds is 3. The lowest BCUT2D eigenvalue weighted by Crippen LogP contribution is -2.19. The maximum Gasteiger partial charge on any atom is 0.213 e. The molecule has 2 rings (SSSR count). The molecule has 7 heteroatoms. The van der Waals surface area contributed by atoms with Gasteiger partial charge >= 0.3 is 0 Å². The van der Waals surface area contributed by atoms with E-state index in [9.17, 15) is 0 Å². The van der Waals surface area contributed by atoms with Gasteiger partial charge in [-0.3, -0.25) is 0 Å². The zero-order chi connectivity index (χ0) is 14.5. The Balaban J connectivity index is 1.99. The van der Waals surface area contributed by atoms with Crippen molar-refractivity contribution in [2.24, 2.45) is 0 Å². The number of pyridine rings is 1. The van der Waals surface area contributed by atoms with Crippen LogP contribution >= 0.6 is 35.4 Å². The molecule has 1 aromatic carbocycles. The number of benzene rings is 1. The van der Waals surface area contributed by atoms with E-state index in [1.54, 1.807) is 37.6 Å². The molecule has 0 fully saturated rings. The molecule has 1 aromatic heterocycles. The highest BCUT2D eigenvalue weighted by Crippen LogP contribution is 2.25. The van der Waals surface area contributed by atoms with Crippen molar-refractivity contribution in [1.29, 1.82) is 0 Å². The largest absolute Gasteiger partial charge is 0.481 e. The summed E-state index contributed by atoms with van der Waals surface area (Å²) in [7, 11) is 1.56. The summed E-state index contributed by atoms with van der Waals surface area (Å²) in [6.07, 6.45) is 1.63. The number of nitrogens with zero attached hydrogens (tertiary/aromatic N) is 1. The minimum Gasteiger partial charge on any atom is -0.481 e. The lowest BCUT2D eigenvalue weighted by Gasteiger charge is -2.11. The van der Waals surface area contributed by atoms with Crippen LogP contribution in [0.1, 0.15) is 0 Å². The van der Waals surface area contributed by atoms with Crippen LogP contribution < -0.4 is 15.4 Å². The van der Waals surface area contributed by atoms with E-state index in [0.717, 1.165) is 11.4 Å². The molecule has 104 valence electrons. The predicted molar refractivity (Wildman–Crippen MR) is 87.1 cm³/mol. The van der Waals surface area contributed by atoms with Crippen molar-refractivity contribution in [2.75, 3.05) is 17.7 Å². The molecule has 0 aliphatic carbocycles. The van der Waals surface area contributed by atoms with Crippen LogP contribution in [0.3, 0.4) is 0 Å². The first-order valence-corrected chi connectivity index (χ1v) is 6.78. The van der Waals surface area contributed by atoms with Gasteiger partial charge in [0.2, 0.25) is 5.88 Å². The molecule has 0 radical (unpaired) electrons. The van der Waals surface area contributed by atoms with Crippen molar-refractivity contribution in [3.05, 3.63) is 46.6 Å². The van der Waals surface area contributed by atoms with Crippen molar-refractivity contribution in [1.82, 2.24) is 4.98 Å². The summed E-state index contributed by atoms with van der Waals surface area (Å²) in [5.41, 5.74) is 1.50. The molecule has 0 spiro atoms. The van der Waals surface area contributed by atoms with Crippen LogP contribution in [0.4, 0.5) is 11.4 Å². The number of nitrogens with one attached hydrogen (secondary N) is 2. The van der Waals surface area contributed by atoms with Crippen molar-refractivity contribution in [3.8, 4) is 5.88 Å². The molecular formula is C13H11Cl2N3OS. The fraction of sp³-hybridized carbons (Fsp3) is 0.0769. The van der Waals surface area contributed by atoms with Gasteiger partial charge in [0.25, 0.3) is 0 Å². The zero-order valence-corrected chi connectivity index (χ0v) is 12.8. The smallest absolute Gasteiger partial charge is 0.213 e. The van der Waals surface area contributed by atoms with Crippen molar-refractivity contribution < 1.29 is 4.74 Å². The molecule has 0 saturated heterocycles. The Kier molecular flexibility index (Phi) is 5.00. The fourth-order valence-electron chi connectivity index (χ4n) is 1.44. The van der Waals surface area contributed by atoms with Gasteiger partial charge in [0.15, 0.2) is 5.11 Å². The van der Waals surface area contributed by atoms with E-state index >= 15 is 0 Å². The second-order valence-electron chi connectivity index (χ2n) is 3.80. The minimum absolute atomic E-state index is 0.426. The molecular weight excluding hydrogens is 317 g/mol. The van der Waals surface area contributed by atoms with E-state index < -0.39 is 0 Å². The molecule has 4 nitrogen and oxygen atoms in total. The number of hydrogen-bond donors (Lipinski definition) is 2. The molecule has 2 aromatic rings. The van der Waals surface area contributed by atoms with Crippen LogP contribution in [-0.2, 0) is 0 Å². The number of aromatic nitrogens is 1. The average molecular weight is 328 g/mol. The number of hydrogen-bond acceptors (Lipinski definition) is 3. The summed E-state index contributed by atoms with van der Waals surface area (Å²) in [4.78, 5) is 4.07. The van der Waals surface area contributed by atoms with Gasteiger partial charge in [-0.25, -0.2) is 4.98 Å². The lowest BCUT2D eigenvalue weighted by atomic mass is 10.3. The van der Waals surface area contributed by atoms with E-state index in [1.807, 2.05) is 6.07 Å². The van der Waals surface area contributed by atoms with Crippen molar-refractivity contribution in [3.63, 3.8) is 0 Å². The molecule has 0 saturated carbocycles. The molecule has 0 bridgehead atoms. The number of ether oxygens (including phenoxy) is 1. The maximum atomic E-state index is 5.93. The third kappa shape index (κ3) is 3.96. The summed E-state index contributed by atoms with van der Waals surface area (Å²) in [5.74, 6) is 0.541. The van der Waals surface area contributed by atoms with Crippen molar-refractivity contribution in [2.45, 2.75) is 0 Å². The fourth-order valence-corrected chi connectivity index (χ4v) is 1.98. The molecule has 0 aliphatic heterocycles. The number of halogens is 2. The Morgan fingerprint density at radius 3 is 2.40 bits per heavy atom. The molecule has 0 unspecified atom stereocenters. The highest BCUT2D eigenvalue weighted by Gasteiger charge is 2.03. The van der Waals surface area contributed by atoms with Gasteiger partial charge in [0, 0.05) is 11.8 Å². The van der Waals surface area contributed by atoms with Crippen LogP contribution in [0.2, 0.25) is 10.0 Å². The topological polar surface area (TPSA) is 46.2 Å². The van der Waals surface area contributed by atoms with Gasteiger partial charge < -0.3 is 15.4 Å². The molecule has 20 heavy (non-hydrogen) atoms. The van der Waals surface area contributed by atoms with E-state index in [4.69, 9.17) is 40.2 Å². The van der Waals surface area contributed by atoms with Gasteiger partial charge in [0.05, 0.1) is 29.0 Å². The minimum atomic E-state index is 0.426. The predicted octanol–water partition coefficient (Wildman–Crippen LogP) is 4.21. The van der Waals surface area contributed by atoms with Crippen molar-refractivity contribution >= 4 is 51.9 Å². The first kappa shape index (κ1) is 14.8. The van der Waals surface area contributed by atoms with E-state index in [2.05, 4.69) is 15.6 Å². The molecule has 2 N–H and O–H groups in total. The molecule has 1 heterocycles. The Hall–Kier alpha value is -1.56. The first-order chi connectivity index (χ1) is 9.58. The number of anilines is 2. The second-order valence-corrected chi connectivity index (χ2v) is 5.02. The Morgan fingerprint density at radius 1 is 1.10 bits per heavy atom. The van der Waals surface area contributed by atoms with Crippen LogP contribution in [0.25, 0.3) is 0 Å². The highest BCUT2D eigenvalue weighted by atomic mass is 35.5. The lowest BCUT2D eigenvalue weighted by molar-refractivity contribution is 0.398. The Labute approximate surface area is 132 Å². The standard InChI is InChI=1S/C13H11Cl2N3OS/c1-19-12-5-3-9(7-16-12)18-13(20)17-8-2-4-10(14)11(15)6-8/h2-7H,1H3,(H2,17,18,20). The van der Waals surface area contributed by atoms with Gasteiger partial charge in [-0.1, -0.05) is 23.2 Å². The Bertz CT molecular complexity index is 620. The van der Waals surface area contributed by atoms with Gasteiger partial charge in [-0.15, -0.1) is 0 Å². The monoisotopic (exact) mass is 327 g/mol. The average Bonchev–Trinajstić information content (AvgIpc) is 2.44. The summed E-state index contributed by atoms with van der Waals surface area (Å²) in [5, 5.41) is 7.39. The van der Waals surface area contributed by atoms with Crippen LogP contribution in [0, 0.1) is 0 Å². The van der Waals surface area contributed by atoms with E-state index in [1.165, 1.54) is 0 Å². The quantitative estimate of drug-likeness (QED) is 0.827. The second kappa shape index (κ2) is 6.74. The van der Waals surface area contributed by atoms with E-state index in [-0.39, 0.29) is 0 Å². The normalized spacial score (nSPS) is 9.95. The first-order valence-electron chi connectivity index (χ1n) is 5.61. The third-order valence-electron chi connectivity index (χ3n) is 2.38. The molecule has 0 atom stereocenters. The zero-order valence-electron chi connectivity index (χ0n) is 10.5. The summed E-state index contributed by atoms with van der Waals surface area (Å²) in [6.45, 7) is 0. The summed E-state index contributed by atoms with van der Waals surface area (Å²) in [6, 6.07) is 8.74. The van der Waals surface area contributed by atoms with Crippen LogP contribution in [0.15, 0.2) is 36.5 Å². The van der Waals surface area contributed by atoms with Gasteiger partial charge in [-0.05, 0) is 36.5 Å².